The lowest BCUT2D eigenvalue weighted by Gasteiger charge is -2.10. The first-order chi connectivity index (χ1) is 8.86. The molecule has 0 spiro atoms. The van der Waals surface area contributed by atoms with E-state index in [0.717, 1.165) is 7.11 Å². The quantitative estimate of drug-likeness (QED) is 0.565. The number of aliphatic hydroxyl groups is 1. The molecule has 1 rings (SSSR count). The summed E-state index contributed by atoms with van der Waals surface area (Å²) < 4.78 is 4.30. The van der Waals surface area contributed by atoms with E-state index in [1.165, 1.54) is 12.1 Å². The van der Waals surface area contributed by atoms with Crippen molar-refractivity contribution in [1.29, 1.82) is 0 Å². The Morgan fingerprint density at radius 1 is 1.42 bits per heavy atom. The Hall–Kier alpha value is -1.50. The maximum atomic E-state index is 11.7. The summed E-state index contributed by atoms with van der Waals surface area (Å²) in [6.07, 6.45) is -1.44. The molecule has 0 aliphatic rings. The number of esters is 1. The normalized spacial score (nSPS) is 11.8. The minimum absolute atomic E-state index is 0.145. The summed E-state index contributed by atoms with van der Waals surface area (Å²) in [7, 11) is 1.13. The molecular weight excluding hydrogens is 295 g/mol. The predicted molar refractivity (Wildman–Crippen MR) is 71.2 cm³/mol. The second-order valence-electron chi connectivity index (χ2n) is 3.60. The third-order valence-electron chi connectivity index (χ3n) is 2.27. The molecule has 4 N–H and O–H groups in total. The molecule has 1 aromatic carbocycles. The highest BCUT2D eigenvalue weighted by Crippen LogP contribution is 2.28. The Balaban J connectivity index is 2.72. The van der Waals surface area contributed by atoms with E-state index in [-0.39, 0.29) is 27.8 Å². The summed E-state index contributed by atoms with van der Waals surface area (Å²) in [6, 6.07) is 2.67. The highest BCUT2D eigenvalue weighted by molar-refractivity contribution is 6.39. The Bertz CT molecular complexity index is 484. The van der Waals surface area contributed by atoms with Gasteiger partial charge in [-0.05, 0) is 12.1 Å². The fourth-order valence-corrected chi connectivity index (χ4v) is 1.71. The number of carbonyl (C=O) groups is 2. The van der Waals surface area contributed by atoms with Crippen LogP contribution in [0.25, 0.3) is 0 Å². The smallest absolute Gasteiger partial charge is 0.336 e. The first-order valence-corrected chi connectivity index (χ1v) is 5.91. The van der Waals surface area contributed by atoms with Crippen LogP contribution in [-0.4, -0.2) is 36.7 Å². The van der Waals surface area contributed by atoms with E-state index < -0.39 is 18.0 Å². The van der Waals surface area contributed by atoms with Crippen LogP contribution in [0.3, 0.4) is 0 Å². The second kappa shape index (κ2) is 6.60. The summed E-state index contributed by atoms with van der Waals surface area (Å²) in [4.78, 5) is 22.7. The van der Waals surface area contributed by atoms with Gasteiger partial charge in [0.1, 0.15) is 0 Å². The summed E-state index contributed by atoms with van der Waals surface area (Å²) in [5.41, 5.74) is 5.88. The molecule has 0 heterocycles. The van der Waals surface area contributed by atoms with Gasteiger partial charge >= 0.3 is 5.97 Å². The second-order valence-corrected chi connectivity index (χ2v) is 4.42. The van der Waals surface area contributed by atoms with E-state index in [0.29, 0.717) is 0 Å². The highest BCUT2D eigenvalue weighted by Gasteiger charge is 2.17. The number of amides is 1. The van der Waals surface area contributed by atoms with Crippen LogP contribution in [0.15, 0.2) is 12.1 Å². The SMILES string of the molecule is COC(=O)C(O)CNC(=O)c1cc(Cl)c(N)c(Cl)c1. The molecule has 0 saturated heterocycles. The minimum Gasteiger partial charge on any atom is -0.467 e. The first kappa shape index (κ1) is 15.6. The number of nitrogen functional groups attached to an aromatic ring is 1. The zero-order chi connectivity index (χ0) is 14.6. The summed E-state index contributed by atoms with van der Waals surface area (Å²) >= 11 is 11.6. The number of benzene rings is 1. The molecule has 8 heteroatoms. The number of halogens is 2. The van der Waals surface area contributed by atoms with Gasteiger partial charge in [-0.3, -0.25) is 4.79 Å². The standard InChI is InChI=1S/C11H12Cl2N2O4/c1-19-11(18)8(16)4-15-10(17)5-2-6(12)9(14)7(13)3-5/h2-3,8,16H,4,14H2,1H3,(H,15,17). The largest absolute Gasteiger partial charge is 0.467 e. The van der Waals surface area contributed by atoms with Crippen molar-refractivity contribution in [1.82, 2.24) is 5.32 Å². The molecule has 1 amide bonds. The van der Waals surface area contributed by atoms with E-state index in [1.807, 2.05) is 0 Å². The maximum Gasteiger partial charge on any atom is 0.336 e. The molecule has 1 atom stereocenters. The third kappa shape index (κ3) is 3.99. The van der Waals surface area contributed by atoms with Gasteiger partial charge in [-0.25, -0.2) is 4.79 Å². The van der Waals surface area contributed by atoms with Crippen LogP contribution < -0.4 is 11.1 Å². The molecule has 104 valence electrons. The summed E-state index contributed by atoms with van der Waals surface area (Å²) in [5, 5.41) is 11.9. The van der Waals surface area contributed by atoms with Crippen LogP contribution in [0.1, 0.15) is 10.4 Å². The monoisotopic (exact) mass is 306 g/mol. The van der Waals surface area contributed by atoms with Gasteiger partial charge in [-0.1, -0.05) is 23.2 Å². The van der Waals surface area contributed by atoms with Gasteiger partial charge in [0.15, 0.2) is 6.10 Å². The topological polar surface area (TPSA) is 102 Å². The van der Waals surface area contributed by atoms with Crippen LogP contribution >= 0.6 is 23.2 Å². The minimum atomic E-state index is -1.44. The van der Waals surface area contributed by atoms with Gasteiger partial charge in [0.05, 0.1) is 29.4 Å². The lowest BCUT2D eigenvalue weighted by atomic mass is 10.2. The van der Waals surface area contributed by atoms with Crippen molar-refractivity contribution in [2.75, 3.05) is 19.4 Å². The predicted octanol–water partition coefficient (Wildman–Crippen LogP) is 0.839. The molecule has 0 bridgehead atoms. The van der Waals surface area contributed by atoms with Crippen LogP contribution in [0.2, 0.25) is 10.0 Å². The number of anilines is 1. The lowest BCUT2D eigenvalue weighted by Crippen LogP contribution is -2.37. The fourth-order valence-electron chi connectivity index (χ4n) is 1.23. The number of ether oxygens (including phenoxy) is 1. The molecule has 0 aromatic heterocycles. The highest BCUT2D eigenvalue weighted by atomic mass is 35.5. The molecule has 1 unspecified atom stereocenters. The van der Waals surface area contributed by atoms with Crippen molar-refractivity contribution < 1.29 is 19.4 Å². The zero-order valence-electron chi connectivity index (χ0n) is 9.94. The van der Waals surface area contributed by atoms with Crippen LogP contribution in [0.5, 0.6) is 0 Å². The van der Waals surface area contributed by atoms with Gasteiger partial charge < -0.3 is 20.9 Å². The van der Waals surface area contributed by atoms with E-state index in [4.69, 9.17) is 28.9 Å². The average molecular weight is 307 g/mol. The fraction of sp³-hybridized carbons (Fsp3) is 0.273. The van der Waals surface area contributed by atoms with Crippen molar-refractivity contribution in [2.24, 2.45) is 0 Å². The van der Waals surface area contributed by atoms with Gasteiger partial charge in [-0.15, -0.1) is 0 Å². The lowest BCUT2D eigenvalue weighted by molar-refractivity contribution is -0.149. The van der Waals surface area contributed by atoms with Crippen molar-refractivity contribution in [2.45, 2.75) is 6.10 Å². The van der Waals surface area contributed by atoms with Crippen LogP contribution in [0, 0.1) is 0 Å². The number of carbonyl (C=O) groups excluding carboxylic acids is 2. The molecule has 0 fully saturated rings. The molecule has 6 nitrogen and oxygen atoms in total. The van der Waals surface area contributed by atoms with Gasteiger partial charge in [0.2, 0.25) is 0 Å². The van der Waals surface area contributed by atoms with Crippen molar-refractivity contribution in [3.63, 3.8) is 0 Å². The number of methoxy groups -OCH3 is 1. The number of aliphatic hydroxyl groups excluding tert-OH is 1. The summed E-state index contributed by atoms with van der Waals surface area (Å²) in [6.45, 7) is -0.287. The molecule has 0 aliphatic heterocycles. The average Bonchev–Trinajstić information content (AvgIpc) is 2.39. The third-order valence-corrected chi connectivity index (χ3v) is 2.90. The van der Waals surface area contributed by atoms with Crippen LogP contribution in [0.4, 0.5) is 5.69 Å². The first-order valence-electron chi connectivity index (χ1n) is 5.15. The number of hydrogen-bond acceptors (Lipinski definition) is 5. The maximum absolute atomic E-state index is 11.7. The zero-order valence-corrected chi connectivity index (χ0v) is 11.5. The Kier molecular flexibility index (Phi) is 5.41. The molecule has 0 aliphatic carbocycles. The Morgan fingerprint density at radius 3 is 2.42 bits per heavy atom. The number of nitrogens with two attached hydrogens (primary N) is 1. The van der Waals surface area contributed by atoms with Crippen LogP contribution in [-0.2, 0) is 9.53 Å². The van der Waals surface area contributed by atoms with Crippen molar-refractivity contribution >= 4 is 40.8 Å². The van der Waals surface area contributed by atoms with E-state index in [1.54, 1.807) is 0 Å². The van der Waals surface area contributed by atoms with Gasteiger partial charge in [0.25, 0.3) is 5.91 Å². The summed E-state index contributed by atoms with van der Waals surface area (Å²) in [5.74, 6) is -1.39. The van der Waals surface area contributed by atoms with Gasteiger partial charge in [-0.2, -0.15) is 0 Å². The molecule has 0 radical (unpaired) electrons. The van der Waals surface area contributed by atoms with Crippen molar-refractivity contribution in [3.8, 4) is 0 Å². The van der Waals surface area contributed by atoms with Gasteiger partial charge in [0, 0.05) is 5.56 Å². The van der Waals surface area contributed by atoms with Crippen molar-refractivity contribution in [3.05, 3.63) is 27.7 Å². The van der Waals surface area contributed by atoms with E-state index in [2.05, 4.69) is 10.1 Å². The number of nitrogens with one attached hydrogen (secondary N) is 1. The number of rotatable bonds is 4. The number of hydrogen-bond donors (Lipinski definition) is 3. The molecule has 19 heavy (non-hydrogen) atoms. The molecular formula is C11H12Cl2N2O4. The Labute approximate surface area is 119 Å². The molecule has 0 saturated carbocycles. The molecule has 1 aromatic rings. The van der Waals surface area contributed by atoms with E-state index >= 15 is 0 Å². The Morgan fingerprint density at radius 2 is 1.95 bits per heavy atom. The van der Waals surface area contributed by atoms with E-state index in [9.17, 15) is 14.7 Å².